The summed E-state index contributed by atoms with van der Waals surface area (Å²) in [5.41, 5.74) is 2.72. The number of piperidine rings is 1. The summed E-state index contributed by atoms with van der Waals surface area (Å²) in [7, 11) is 3.98. The number of likely N-dealkylation sites (tertiary alicyclic amines) is 1. The first kappa shape index (κ1) is 20.7. The van der Waals surface area contributed by atoms with Gasteiger partial charge in [0.2, 0.25) is 0 Å². The summed E-state index contributed by atoms with van der Waals surface area (Å²) < 4.78 is 19.6. The van der Waals surface area contributed by atoms with Crippen molar-refractivity contribution in [3.8, 4) is 11.5 Å². The number of carbonyl (C=O) groups is 1. The van der Waals surface area contributed by atoms with Crippen LogP contribution in [0.1, 0.15) is 36.5 Å². The van der Waals surface area contributed by atoms with Gasteiger partial charge in [-0.05, 0) is 57.0 Å². The van der Waals surface area contributed by atoms with Crippen LogP contribution >= 0.6 is 0 Å². The molecule has 2 aromatic carbocycles. The van der Waals surface area contributed by atoms with Crippen molar-refractivity contribution >= 4 is 5.78 Å². The van der Waals surface area contributed by atoms with Crippen LogP contribution in [0.5, 0.6) is 11.5 Å². The number of benzene rings is 2. The van der Waals surface area contributed by atoms with Crippen LogP contribution < -0.4 is 9.47 Å². The molecule has 2 heterocycles. The lowest BCUT2D eigenvalue weighted by molar-refractivity contribution is -0.212. The number of carbonyl (C=O) groups excluding carboxylic acids is 1. The summed E-state index contributed by atoms with van der Waals surface area (Å²) in [6, 6.07) is 14.9. The van der Waals surface area contributed by atoms with Crippen molar-refractivity contribution in [2.24, 2.45) is 11.3 Å². The second kappa shape index (κ2) is 6.73. The van der Waals surface area contributed by atoms with Gasteiger partial charge in [0.15, 0.2) is 11.5 Å². The number of Topliss-reactive ketones (excluding diaryl/α,β-unsaturated/α-hetero) is 1. The minimum atomic E-state index is -0.752. The Kier molecular flexibility index (Phi) is 4.10. The zero-order valence-corrected chi connectivity index (χ0v) is 20.0. The number of nitrogens with zero attached hydrogens (tertiary/aromatic N) is 1. The van der Waals surface area contributed by atoms with Gasteiger partial charge in [-0.25, -0.2) is 0 Å². The van der Waals surface area contributed by atoms with Crippen LogP contribution in [0, 0.1) is 11.3 Å². The van der Waals surface area contributed by atoms with E-state index in [4.69, 9.17) is 14.2 Å². The highest BCUT2D eigenvalue weighted by Gasteiger charge is 2.79. The van der Waals surface area contributed by atoms with Gasteiger partial charge in [-0.3, -0.25) is 4.79 Å². The number of ketones is 1. The maximum Gasteiger partial charge on any atom is 0.166 e. The summed E-state index contributed by atoms with van der Waals surface area (Å²) in [6.45, 7) is 3.22. The first-order chi connectivity index (χ1) is 16.5. The second-order valence-electron chi connectivity index (χ2n) is 10.9. The zero-order chi connectivity index (χ0) is 23.3. The van der Waals surface area contributed by atoms with E-state index in [0.29, 0.717) is 12.6 Å². The highest BCUT2D eigenvalue weighted by molar-refractivity contribution is 5.82. The molecule has 4 aliphatic carbocycles. The average Bonchev–Trinajstić information content (AvgIpc) is 3.23. The number of methoxy groups -OCH3 is 1. The van der Waals surface area contributed by atoms with Crippen molar-refractivity contribution in [2.75, 3.05) is 20.7 Å². The van der Waals surface area contributed by atoms with Gasteiger partial charge in [0.05, 0.1) is 11.3 Å². The first-order valence-corrected chi connectivity index (χ1v) is 12.4. The fourth-order valence-corrected chi connectivity index (χ4v) is 8.35. The molecule has 5 heteroatoms. The van der Waals surface area contributed by atoms with Crippen LogP contribution in [0.4, 0.5) is 0 Å². The predicted molar refractivity (Wildman–Crippen MR) is 128 cm³/mol. The topological polar surface area (TPSA) is 48.0 Å². The summed E-state index contributed by atoms with van der Waals surface area (Å²) in [5.74, 6) is 1.65. The fourth-order valence-electron chi connectivity index (χ4n) is 8.35. The molecule has 0 aromatic heterocycles. The van der Waals surface area contributed by atoms with Crippen molar-refractivity contribution in [3.63, 3.8) is 0 Å². The van der Waals surface area contributed by atoms with Crippen LogP contribution in [0.2, 0.25) is 0 Å². The van der Waals surface area contributed by atoms with E-state index in [0.717, 1.165) is 42.9 Å². The number of rotatable bonds is 5. The lowest BCUT2D eigenvalue weighted by atomic mass is 9.37. The van der Waals surface area contributed by atoms with E-state index in [2.05, 4.69) is 48.4 Å². The van der Waals surface area contributed by atoms with Gasteiger partial charge in [0.1, 0.15) is 24.1 Å². The van der Waals surface area contributed by atoms with E-state index in [-0.39, 0.29) is 28.6 Å². The van der Waals surface area contributed by atoms with Crippen LogP contribution in [0.15, 0.2) is 54.6 Å². The third-order valence-electron chi connectivity index (χ3n) is 9.79. The van der Waals surface area contributed by atoms with E-state index in [9.17, 15) is 4.79 Å². The Hall–Kier alpha value is -2.63. The third kappa shape index (κ3) is 2.21. The molecule has 0 N–H and O–H groups in total. The maximum absolute atomic E-state index is 13.0. The molecule has 6 aliphatic rings. The minimum Gasteiger partial charge on any atom is -0.485 e. The Morgan fingerprint density at radius 1 is 1.18 bits per heavy atom. The molecule has 0 amide bonds. The molecule has 176 valence electrons. The molecule has 6 atom stereocenters. The van der Waals surface area contributed by atoms with E-state index in [1.54, 1.807) is 14.0 Å². The molecular weight excluding hydrogens is 426 g/mol. The summed E-state index contributed by atoms with van der Waals surface area (Å²) in [5, 5.41) is 0. The molecule has 1 saturated carbocycles. The van der Waals surface area contributed by atoms with Gasteiger partial charge >= 0.3 is 0 Å². The number of fused-ring (bicyclic) bond motifs is 1. The number of ether oxygens (including phenoxy) is 3. The molecule has 2 aromatic rings. The standard InChI is InChI=1S/C29H31NO4/c1-18(31)21-16-27-11-12-29(21,32-3)26-28(27)13-14-30(2)23(27)15-20-9-10-22(25(34-26)24(20)28)33-17-19-7-5-4-6-8-19/h4-12,21,23,26H,13-17H2,1-3H3/t21-,23-,26-,27-,28+,29+/m1/s1. The van der Waals surface area contributed by atoms with Gasteiger partial charge in [0, 0.05) is 24.1 Å². The SMILES string of the molecule is CO[C@@]12C=C[C@@]3(C[C@@H]1C(C)=O)[C@H]1Cc4ccc(OCc5ccccc5)c5c4[C@@]3(CCN1C)[C@H]2O5. The normalized spacial score (nSPS) is 38.4. The predicted octanol–water partition coefficient (Wildman–Crippen LogP) is 4.07. The average molecular weight is 458 g/mol. The zero-order valence-electron chi connectivity index (χ0n) is 20.0. The molecule has 2 fully saturated rings. The van der Waals surface area contributed by atoms with Gasteiger partial charge in [-0.1, -0.05) is 48.6 Å². The van der Waals surface area contributed by atoms with Gasteiger partial charge in [-0.15, -0.1) is 0 Å². The monoisotopic (exact) mass is 457 g/mol. The number of hydrogen-bond acceptors (Lipinski definition) is 5. The van der Waals surface area contributed by atoms with Crippen LogP contribution in [-0.2, 0) is 28.0 Å². The van der Waals surface area contributed by atoms with Crippen LogP contribution in [-0.4, -0.2) is 49.1 Å². The van der Waals surface area contributed by atoms with E-state index in [1.807, 2.05) is 18.2 Å². The third-order valence-corrected chi connectivity index (χ3v) is 9.79. The van der Waals surface area contributed by atoms with Gasteiger partial charge in [0.25, 0.3) is 0 Å². The molecule has 2 aliphatic heterocycles. The van der Waals surface area contributed by atoms with Crippen molar-refractivity contribution in [1.82, 2.24) is 4.90 Å². The quantitative estimate of drug-likeness (QED) is 0.634. The fraction of sp³-hybridized carbons (Fsp3) is 0.483. The molecule has 1 saturated heterocycles. The minimum absolute atomic E-state index is 0.141. The smallest absolute Gasteiger partial charge is 0.166 e. The summed E-state index contributed by atoms with van der Waals surface area (Å²) in [4.78, 5) is 15.5. The molecule has 4 bridgehead atoms. The Labute approximate surface area is 200 Å². The largest absolute Gasteiger partial charge is 0.485 e. The van der Waals surface area contributed by atoms with Crippen molar-refractivity contribution in [3.05, 3.63) is 71.3 Å². The van der Waals surface area contributed by atoms with E-state index in [1.165, 1.54) is 11.1 Å². The molecule has 8 rings (SSSR count). The molecule has 0 unspecified atom stereocenters. The Morgan fingerprint density at radius 2 is 2.00 bits per heavy atom. The molecule has 2 spiro atoms. The van der Waals surface area contributed by atoms with Gasteiger partial charge in [-0.2, -0.15) is 0 Å². The summed E-state index contributed by atoms with van der Waals surface area (Å²) in [6.07, 6.45) is 7.13. The van der Waals surface area contributed by atoms with Crippen LogP contribution in [0.3, 0.4) is 0 Å². The Balaban J connectivity index is 1.42. The van der Waals surface area contributed by atoms with Crippen molar-refractivity contribution < 1.29 is 19.0 Å². The second-order valence-corrected chi connectivity index (χ2v) is 10.9. The Bertz CT molecular complexity index is 1220. The lowest BCUT2D eigenvalue weighted by Gasteiger charge is -2.70. The Morgan fingerprint density at radius 3 is 2.76 bits per heavy atom. The van der Waals surface area contributed by atoms with Gasteiger partial charge < -0.3 is 19.1 Å². The first-order valence-electron chi connectivity index (χ1n) is 12.4. The number of likely N-dealkylation sites (N-methyl/N-ethyl adjacent to an activating group) is 1. The lowest BCUT2D eigenvalue weighted by Crippen LogP contribution is -2.79. The molecule has 0 radical (unpaired) electrons. The van der Waals surface area contributed by atoms with E-state index >= 15 is 0 Å². The van der Waals surface area contributed by atoms with Crippen molar-refractivity contribution in [1.29, 1.82) is 0 Å². The number of hydrogen-bond donors (Lipinski definition) is 0. The molecule has 5 nitrogen and oxygen atoms in total. The van der Waals surface area contributed by atoms with E-state index < -0.39 is 5.60 Å². The van der Waals surface area contributed by atoms with Crippen LogP contribution in [0.25, 0.3) is 0 Å². The molecule has 34 heavy (non-hydrogen) atoms. The molecular formula is C29H31NO4. The van der Waals surface area contributed by atoms with Crippen molar-refractivity contribution in [2.45, 2.75) is 56.0 Å². The maximum atomic E-state index is 13.0. The highest BCUT2D eigenvalue weighted by atomic mass is 16.6. The highest BCUT2D eigenvalue weighted by Crippen LogP contribution is 2.74. The summed E-state index contributed by atoms with van der Waals surface area (Å²) >= 11 is 0.